The molecule has 214 valence electrons. The third-order valence-electron chi connectivity index (χ3n) is 6.94. The lowest BCUT2D eigenvalue weighted by Crippen LogP contribution is -2.62. The van der Waals surface area contributed by atoms with Crippen molar-refractivity contribution in [2.24, 2.45) is 11.8 Å². The number of rotatable bonds is 10. The van der Waals surface area contributed by atoms with Crippen molar-refractivity contribution in [2.45, 2.75) is 57.7 Å². The van der Waals surface area contributed by atoms with E-state index in [2.05, 4.69) is 16.0 Å². The van der Waals surface area contributed by atoms with Crippen LogP contribution in [0, 0.1) is 11.8 Å². The number of nitrogens with one attached hydrogen (secondary N) is 3. The zero-order valence-corrected chi connectivity index (χ0v) is 24.5. The number of methoxy groups -OCH3 is 1. The monoisotopic (exact) mass is 580 g/mol. The summed E-state index contributed by atoms with van der Waals surface area (Å²) in [6.07, 6.45) is 6.00. The number of benzene rings is 1. The summed E-state index contributed by atoms with van der Waals surface area (Å²) in [5.74, 6) is -0.0499. The summed E-state index contributed by atoms with van der Waals surface area (Å²) in [6.45, 7) is 8.26. The normalized spacial score (nSPS) is 20.3. The van der Waals surface area contributed by atoms with E-state index >= 15 is 0 Å². The predicted octanol–water partition coefficient (Wildman–Crippen LogP) is 4.05. The van der Waals surface area contributed by atoms with Crippen molar-refractivity contribution < 1.29 is 23.9 Å². The highest BCUT2D eigenvalue weighted by Gasteiger charge is 2.38. The Morgan fingerprint density at radius 2 is 1.92 bits per heavy atom. The highest BCUT2D eigenvalue weighted by molar-refractivity contribution is 6.31. The Hall–Kier alpha value is -2.91. The Balaban J connectivity index is 1.96. The van der Waals surface area contributed by atoms with E-state index in [1.165, 1.54) is 4.90 Å². The lowest BCUT2D eigenvalue weighted by atomic mass is 9.81. The van der Waals surface area contributed by atoms with Crippen molar-refractivity contribution >= 4 is 41.0 Å². The molecule has 3 rings (SSSR count). The fourth-order valence-electron chi connectivity index (χ4n) is 4.62. The Bertz CT molecular complexity index is 1110. The van der Waals surface area contributed by atoms with Gasteiger partial charge in [-0.25, -0.2) is 4.79 Å². The smallest absolute Gasteiger partial charge is 0.318 e. The third-order valence-corrected chi connectivity index (χ3v) is 7.61. The van der Waals surface area contributed by atoms with E-state index in [1.807, 2.05) is 39.8 Å². The molecule has 11 heteroatoms. The quantitative estimate of drug-likeness (QED) is 0.362. The Morgan fingerprint density at radius 3 is 2.51 bits per heavy atom. The van der Waals surface area contributed by atoms with Crippen LogP contribution in [0.2, 0.25) is 0 Å². The van der Waals surface area contributed by atoms with E-state index in [0.717, 1.165) is 0 Å². The number of hydrogen-bond donors (Lipinski definition) is 3. The van der Waals surface area contributed by atoms with E-state index in [1.54, 1.807) is 31.4 Å². The summed E-state index contributed by atoms with van der Waals surface area (Å²) >= 11 is 12.8. The van der Waals surface area contributed by atoms with Crippen LogP contribution in [-0.4, -0.2) is 73.1 Å². The molecule has 1 fully saturated rings. The first-order valence-electron chi connectivity index (χ1n) is 13.2. The van der Waals surface area contributed by atoms with Gasteiger partial charge in [-0.1, -0.05) is 30.7 Å². The maximum Gasteiger partial charge on any atom is 0.318 e. The number of nitrogens with zero attached hydrogens (tertiary/aromatic N) is 1. The molecule has 9 nitrogen and oxygen atoms in total. The Morgan fingerprint density at radius 1 is 1.18 bits per heavy atom. The van der Waals surface area contributed by atoms with Gasteiger partial charge in [0, 0.05) is 35.5 Å². The zero-order chi connectivity index (χ0) is 28.7. The van der Waals surface area contributed by atoms with Crippen molar-refractivity contribution in [1.82, 2.24) is 20.9 Å². The summed E-state index contributed by atoms with van der Waals surface area (Å²) in [4.78, 5) is 40.5. The van der Waals surface area contributed by atoms with Crippen LogP contribution in [0.3, 0.4) is 0 Å². The van der Waals surface area contributed by atoms with Crippen molar-refractivity contribution in [3.63, 3.8) is 0 Å². The van der Waals surface area contributed by atoms with Gasteiger partial charge in [-0.3, -0.25) is 9.59 Å². The van der Waals surface area contributed by atoms with Crippen molar-refractivity contribution in [3.8, 4) is 11.5 Å². The fraction of sp³-hybridized carbons (Fsp3) is 0.536. The lowest BCUT2D eigenvalue weighted by Gasteiger charge is -2.39. The number of amides is 4. The van der Waals surface area contributed by atoms with Gasteiger partial charge >= 0.3 is 6.03 Å². The molecule has 0 aromatic heterocycles. The second-order valence-electron chi connectivity index (χ2n) is 10.2. The molecule has 1 aliphatic carbocycles. The number of allylic oxidation sites excluding steroid dienone is 3. The van der Waals surface area contributed by atoms with Gasteiger partial charge in [-0.15, -0.1) is 11.6 Å². The van der Waals surface area contributed by atoms with Crippen LogP contribution >= 0.6 is 23.2 Å². The summed E-state index contributed by atoms with van der Waals surface area (Å²) in [6, 6.07) is 3.53. The molecule has 2 aliphatic rings. The van der Waals surface area contributed by atoms with Gasteiger partial charge in [0.1, 0.15) is 18.0 Å². The topological polar surface area (TPSA) is 109 Å². The minimum atomic E-state index is -0.563. The average Bonchev–Trinajstić information content (AvgIpc) is 2.90. The second kappa shape index (κ2) is 13.9. The summed E-state index contributed by atoms with van der Waals surface area (Å²) in [5.41, 5.74) is 0.340. The Kier molecular flexibility index (Phi) is 10.9. The number of carbonyl (C=O) groups excluding carboxylic acids is 3. The molecule has 39 heavy (non-hydrogen) atoms. The second-order valence-corrected chi connectivity index (χ2v) is 11.3. The first-order chi connectivity index (χ1) is 18.5. The number of piperazine rings is 1. The van der Waals surface area contributed by atoms with Crippen molar-refractivity contribution in [2.75, 3.05) is 26.7 Å². The summed E-state index contributed by atoms with van der Waals surface area (Å²) < 4.78 is 11.3. The average molecular weight is 582 g/mol. The summed E-state index contributed by atoms with van der Waals surface area (Å²) in [7, 11) is 1.55. The number of ether oxygens (including phenoxy) is 2. The minimum absolute atomic E-state index is 0.0379. The molecule has 1 aliphatic heterocycles. The van der Waals surface area contributed by atoms with E-state index in [-0.39, 0.29) is 47.7 Å². The highest BCUT2D eigenvalue weighted by Crippen LogP contribution is 2.30. The molecule has 3 unspecified atom stereocenters. The van der Waals surface area contributed by atoms with E-state index in [4.69, 9.17) is 32.7 Å². The van der Waals surface area contributed by atoms with Crippen LogP contribution in [0.4, 0.5) is 4.79 Å². The molecule has 1 aromatic carbocycles. The summed E-state index contributed by atoms with van der Waals surface area (Å²) in [5, 5.41) is 9.26. The van der Waals surface area contributed by atoms with E-state index in [9.17, 15) is 14.4 Å². The molecule has 0 saturated carbocycles. The largest absolute Gasteiger partial charge is 0.497 e. The van der Waals surface area contributed by atoms with Crippen LogP contribution < -0.4 is 25.4 Å². The molecular weight excluding hydrogens is 543 g/mol. The molecule has 0 bridgehead atoms. The molecule has 1 aromatic rings. The molecule has 1 heterocycles. The van der Waals surface area contributed by atoms with Gasteiger partial charge < -0.3 is 30.3 Å². The Labute approximate surface area is 240 Å². The molecule has 1 saturated heterocycles. The number of urea groups is 1. The van der Waals surface area contributed by atoms with Crippen LogP contribution in [0.1, 0.15) is 44.5 Å². The first-order valence-corrected chi connectivity index (χ1v) is 14.0. The van der Waals surface area contributed by atoms with Gasteiger partial charge in [-0.05, 0) is 51.3 Å². The molecule has 4 amide bonds. The van der Waals surface area contributed by atoms with Crippen LogP contribution in [0.15, 0.2) is 41.5 Å². The standard InChI is InChI=1S/C28H38Cl2N4O5/c1-16(2)39-23-14-21(38-5)10-11-22(23)27(36)32-26(19-6-8-20(30)9-7-19)25(17(3)18(4)29)33-28(37)34-13-12-31-24(35)15-34/h6,8-11,14,16-19,25-26H,7,12-13,15H2,1-5H3,(H,31,35)(H,32,36)(H,33,37)/t17-,18?,19?,25?,26-/m0/s1. The molecular formula is C28H38Cl2N4O5. The van der Waals surface area contributed by atoms with Gasteiger partial charge in [0.25, 0.3) is 5.91 Å². The SMILES string of the molecule is COc1ccc(C(=O)N[C@@H](C2C=CC(Cl)=CC2)C(NC(=O)N2CCNC(=O)C2)[C@@H](C)C(C)Cl)c(OC(C)C)c1. The van der Waals surface area contributed by atoms with Crippen molar-refractivity contribution in [3.05, 3.63) is 47.0 Å². The van der Waals surface area contributed by atoms with Gasteiger partial charge in [-0.2, -0.15) is 0 Å². The van der Waals surface area contributed by atoms with Crippen LogP contribution in [0.25, 0.3) is 0 Å². The molecule has 0 spiro atoms. The number of alkyl halides is 1. The van der Waals surface area contributed by atoms with Crippen LogP contribution in [-0.2, 0) is 4.79 Å². The predicted molar refractivity (Wildman–Crippen MR) is 153 cm³/mol. The molecule has 3 N–H and O–H groups in total. The number of carbonyl (C=O) groups is 3. The number of halogens is 2. The first kappa shape index (κ1) is 30.6. The zero-order valence-electron chi connectivity index (χ0n) is 23.0. The van der Waals surface area contributed by atoms with Gasteiger partial charge in [0.2, 0.25) is 5.91 Å². The van der Waals surface area contributed by atoms with Gasteiger partial charge in [0.05, 0.1) is 30.9 Å². The maximum absolute atomic E-state index is 13.8. The molecule has 5 atom stereocenters. The maximum atomic E-state index is 13.8. The molecule has 0 radical (unpaired) electrons. The third kappa shape index (κ3) is 8.29. The minimum Gasteiger partial charge on any atom is -0.497 e. The van der Waals surface area contributed by atoms with Gasteiger partial charge in [0.15, 0.2) is 0 Å². The van der Waals surface area contributed by atoms with E-state index in [0.29, 0.717) is 41.6 Å². The van der Waals surface area contributed by atoms with Crippen molar-refractivity contribution in [1.29, 1.82) is 0 Å². The van der Waals surface area contributed by atoms with E-state index < -0.39 is 12.1 Å². The fourth-order valence-corrected chi connectivity index (χ4v) is 4.94. The highest BCUT2D eigenvalue weighted by atomic mass is 35.5. The lowest BCUT2D eigenvalue weighted by molar-refractivity contribution is -0.123. The number of hydrogen-bond acceptors (Lipinski definition) is 5. The van der Waals surface area contributed by atoms with Crippen LogP contribution in [0.5, 0.6) is 11.5 Å².